The minimum absolute atomic E-state index is 0.252. The predicted octanol–water partition coefficient (Wildman–Crippen LogP) is 1.96. The Labute approximate surface area is 89.9 Å². The van der Waals surface area contributed by atoms with E-state index in [4.69, 9.17) is 12.2 Å². The molecule has 1 rings (SSSR count). The van der Waals surface area contributed by atoms with Gasteiger partial charge >= 0.3 is 0 Å². The Bertz CT molecular complexity index is 358. The molecule has 0 saturated heterocycles. The average molecular weight is 214 g/mol. The highest BCUT2D eigenvalue weighted by Gasteiger charge is 2.16. The van der Waals surface area contributed by atoms with E-state index in [1.54, 1.807) is 0 Å². The number of H-pyrrole nitrogens is 1. The van der Waals surface area contributed by atoms with E-state index in [1.165, 1.54) is 0 Å². The van der Waals surface area contributed by atoms with Gasteiger partial charge in [0.2, 0.25) is 5.95 Å². The Morgan fingerprint density at radius 3 is 2.43 bits per heavy atom. The van der Waals surface area contributed by atoms with Crippen LogP contribution in [0.15, 0.2) is 0 Å². The number of hydrogen-bond donors (Lipinski definition) is 1. The fraction of sp³-hybridized carbons (Fsp3) is 0.778. The molecule has 1 heterocycles. The van der Waals surface area contributed by atoms with Crippen LogP contribution in [-0.4, -0.2) is 28.4 Å². The Morgan fingerprint density at radius 1 is 1.50 bits per heavy atom. The summed E-state index contributed by atoms with van der Waals surface area (Å²) in [6, 6.07) is 0. The van der Waals surface area contributed by atoms with Crippen LogP contribution < -0.4 is 4.90 Å². The fourth-order valence-electron chi connectivity index (χ4n) is 1.46. The summed E-state index contributed by atoms with van der Waals surface area (Å²) in [7, 11) is 3.94. The third-order valence-corrected chi connectivity index (χ3v) is 2.27. The topological polar surface area (TPSA) is 36.9 Å². The van der Waals surface area contributed by atoms with Crippen LogP contribution in [0.3, 0.4) is 0 Å². The molecule has 80 valence electrons. The lowest BCUT2D eigenvalue weighted by atomic mass is 9.96. The molecule has 0 atom stereocenters. The number of aromatic nitrogens is 3. The van der Waals surface area contributed by atoms with Crippen molar-refractivity contribution in [2.75, 3.05) is 18.5 Å². The summed E-state index contributed by atoms with van der Waals surface area (Å²) in [6.07, 6.45) is 0. The van der Waals surface area contributed by atoms with E-state index in [9.17, 15) is 0 Å². The number of nitrogens with zero attached hydrogens (tertiary/aromatic N) is 3. The molecule has 1 aromatic heterocycles. The Balaban J connectivity index is 2.85. The Morgan fingerprint density at radius 2 is 2.07 bits per heavy atom. The molecule has 0 aromatic carbocycles. The van der Waals surface area contributed by atoms with Gasteiger partial charge in [0.15, 0.2) is 4.77 Å². The summed E-state index contributed by atoms with van der Waals surface area (Å²) in [6.45, 7) is 7.54. The summed E-state index contributed by atoms with van der Waals surface area (Å²) < 4.78 is 2.53. The highest BCUT2D eigenvalue weighted by molar-refractivity contribution is 7.71. The van der Waals surface area contributed by atoms with Crippen molar-refractivity contribution in [1.82, 2.24) is 14.8 Å². The lowest BCUT2D eigenvalue weighted by Crippen LogP contribution is -2.30. The van der Waals surface area contributed by atoms with Crippen molar-refractivity contribution >= 4 is 18.2 Å². The van der Waals surface area contributed by atoms with E-state index in [0.29, 0.717) is 4.77 Å². The van der Waals surface area contributed by atoms with E-state index >= 15 is 0 Å². The molecule has 1 N–H and O–H groups in total. The van der Waals surface area contributed by atoms with E-state index in [1.807, 2.05) is 18.7 Å². The van der Waals surface area contributed by atoms with Crippen LogP contribution in [0.25, 0.3) is 0 Å². The number of anilines is 1. The molecule has 0 amide bonds. The molecule has 1 aromatic rings. The maximum absolute atomic E-state index is 5.05. The third-order valence-electron chi connectivity index (χ3n) is 1.91. The van der Waals surface area contributed by atoms with Crippen molar-refractivity contribution in [2.45, 2.75) is 20.8 Å². The average Bonchev–Trinajstić information content (AvgIpc) is 2.29. The van der Waals surface area contributed by atoms with Crippen LogP contribution in [0.5, 0.6) is 0 Å². The number of hydrogen-bond acceptors (Lipinski definition) is 3. The van der Waals surface area contributed by atoms with Crippen LogP contribution in [0, 0.1) is 10.2 Å². The fourth-order valence-corrected chi connectivity index (χ4v) is 1.59. The normalized spacial score (nSPS) is 11.8. The second-order valence-corrected chi connectivity index (χ2v) is 5.19. The largest absolute Gasteiger partial charge is 0.344 e. The van der Waals surface area contributed by atoms with Gasteiger partial charge in [-0.05, 0) is 17.6 Å². The zero-order valence-electron chi connectivity index (χ0n) is 9.46. The lowest BCUT2D eigenvalue weighted by molar-refractivity contribution is 0.415. The van der Waals surface area contributed by atoms with Gasteiger partial charge in [-0.25, -0.2) is 5.10 Å². The smallest absolute Gasteiger partial charge is 0.225 e. The highest BCUT2D eigenvalue weighted by atomic mass is 32.1. The molecule has 4 nitrogen and oxygen atoms in total. The van der Waals surface area contributed by atoms with Crippen LogP contribution in [-0.2, 0) is 7.05 Å². The van der Waals surface area contributed by atoms with Crippen molar-refractivity contribution in [3.05, 3.63) is 4.77 Å². The Kier molecular flexibility index (Phi) is 2.99. The van der Waals surface area contributed by atoms with E-state index in [-0.39, 0.29) is 5.41 Å². The van der Waals surface area contributed by atoms with Gasteiger partial charge in [-0.1, -0.05) is 20.8 Å². The molecule has 0 spiro atoms. The van der Waals surface area contributed by atoms with Gasteiger partial charge in [-0.2, -0.15) is 0 Å². The summed E-state index contributed by atoms with van der Waals surface area (Å²) >= 11 is 5.05. The minimum Gasteiger partial charge on any atom is -0.344 e. The molecule has 0 radical (unpaired) electrons. The summed E-state index contributed by atoms with van der Waals surface area (Å²) in [4.78, 5) is 2.10. The maximum atomic E-state index is 5.05. The van der Waals surface area contributed by atoms with E-state index < -0.39 is 0 Å². The summed E-state index contributed by atoms with van der Waals surface area (Å²) in [5, 5.41) is 6.95. The van der Waals surface area contributed by atoms with Crippen LogP contribution in [0.1, 0.15) is 20.8 Å². The SMILES string of the molecule is CN(CC(C)(C)C)c1n[nH]c(=S)n1C. The maximum Gasteiger partial charge on any atom is 0.225 e. The van der Waals surface area contributed by atoms with Crippen molar-refractivity contribution < 1.29 is 0 Å². The minimum atomic E-state index is 0.252. The first-order chi connectivity index (χ1) is 6.31. The van der Waals surface area contributed by atoms with Crippen LogP contribution in [0.2, 0.25) is 0 Å². The molecular formula is C9H18N4S. The molecule has 0 aliphatic rings. The van der Waals surface area contributed by atoms with Gasteiger partial charge in [0, 0.05) is 20.6 Å². The van der Waals surface area contributed by atoms with E-state index in [0.717, 1.165) is 12.5 Å². The van der Waals surface area contributed by atoms with Crippen molar-refractivity contribution in [3.8, 4) is 0 Å². The molecule has 0 saturated carbocycles. The quantitative estimate of drug-likeness (QED) is 0.765. The molecule has 0 fully saturated rings. The first-order valence-electron chi connectivity index (χ1n) is 4.64. The number of nitrogens with one attached hydrogen (secondary N) is 1. The first-order valence-corrected chi connectivity index (χ1v) is 5.04. The second kappa shape index (κ2) is 3.73. The highest BCUT2D eigenvalue weighted by Crippen LogP contribution is 2.17. The predicted molar refractivity (Wildman–Crippen MR) is 61.1 cm³/mol. The zero-order chi connectivity index (χ0) is 10.9. The van der Waals surface area contributed by atoms with Crippen LogP contribution in [0.4, 0.5) is 5.95 Å². The van der Waals surface area contributed by atoms with Gasteiger partial charge in [0.1, 0.15) is 0 Å². The van der Waals surface area contributed by atoms with Crippen molar-refractivity contribution in [2.24, 2.45) is 12.5 Å². The molecule has 0 unspecified atom stereocenters. The molecule has 14 heavy (non-hydrogen) atoms. The third kappa shape index (κ3) is 2.57. The summed E-state index contributed by atoms with van der Waals surface area (Å²) in [5.41, 5.74) is 0.252. The molecule has 5 heteroatoms. The number of rotatable bonds is 2. The van der Waals surface area contributed by atoms with E-state index in [2.05, 4.69) is 35.9 Å². The van der Waals surface area contributed by atoms with Gasteiger partial charge < -0.3 is 4.90 Å². The monoisotopic (exact) mass is 214 g/mol. The standard InChI is InChI=1S/C9H18N4S/c1-9(2,3)6-12(4)7-10-11-8(14)13(7)5/h6H2,1-5H3,(H,11,14). The molecule has 0 bridgehead atoms. The van der Waals surface area contributed by atoms with Crippen molar-refractivity contribution in [3.63, 3.8) is 0 Å². The van der Waals surface area contributed by atoms with Gasteiger partial charge in [-0.3, -0.25) is 4.57 Å². The second-order valence-electron chi connectivity index (χ2n) is 4.80. The van der Waals surface area contributed by atoms with Gasteiger partial charge in [0.25, 0.3) is 0 Å². The van der Waals surface area contributed by atoms with Crippen LogP contribution >= 0.6 is 12.2 Å². The van der Waals surface area contributed by atoms with Crippen molar-refractivity contribution in [1.29, 1.82) is 0 Å². The molecule has 0 aliphatic carbocycles. The summed E-state index contributed by atoms with van der Waals surface area (Å²) in [5.74, 6) is 0.880. The van der Waals surface area contributed by atoms with Gasteiger partial charge in [-0.15, -0.1) is 5.10 Å². The zero-order valence-corrected chi connectivity index (χ0v) is 10.3. The number of aromatic amines is 1. The molecule has 0 aliphatic heterocycles. The molecular weight excluding hydrogens is 196 g/mol. The Hall–Kier alpha value is -0.840. The van der Waals surface area contributed by atoms with Gasteiger partial charge in [0.05, 0.1) is 0 Å². The lowest BCUT2D eigenvalue weighted by Gasteiger charge is -2.26. The first kappa shape index (κ1) is 11.2.